The molecule has 4 rings (SSSR count). The van der Waals surface area contributed by atoms with Gasteiger partial charge in [0.25, 0.3) is 5.91 Å². The maximum Gasteiger partial charge on any atom is 0.251 e. The fourth-order valence-corrected chi connectivity index (χ4v) is 4.95. The van der Waals surface area contributed by atoms with Crippen molar-refractivity contribution in [2.24, 2.45) is 0 Å². The van der Waals surface area contributed by atoms with E-state index in [-0.39, 0.29) is 17.9 Å². The predicted molar refractivity (Wildman–Crippen MR) is 138 cm³/mol. The molecule has 2 amide bonds. The summed E-state index contributed by atoms with van der Waals surface area (Å²) in [6, 6.07) is 20.2. The quantitative estimate of drug-likeness (QED) is 0.375. The van der Waals surface area contributed by atoms with Crippen LogP contribution in [-0.4, -0.2) is 30.2 Å². The number of carbonyl (C=O) groups is 2. The molecule has 8 heteroatoms. The summed E-state index contributed by atoms with van der Waals surface area (Å²) < 4.78 is 0. The van der Waals surface area contributed by atoms with E-state index in [1.165, 1.54) is 0 Å². The van der Waals surface area contributed by atoms with E-state index >= 15 is 0 Å². The maximum absolute atomic E-state index is 12.6. The summed E-state index contributed by atoms with van der Waals surface area (Å²) in [6.45, 7) is 0.507. The number of carbonyl (C=O) groups excluding carboxylic acids is 2. The van der Waals surface area contributed by atoms with E-state index in [0.29, 0.717) is 35.0 Å². The van der Waals surface area contributed by atoms with Crippen molar-refractivity contribution in [3.8, 4) is 0 Å². The van der Waals surface area contributed by atoms with Crippen LogP contribution in [0.2, 0.25) is 10.0 Å². The van der Waals surface area contributed by atoms with Crippen LogP contribution in [0.15, 0.2) is 66.7 Å². The number of hydrogen-bond donors (Lipinski definition) is 3. The smallest absolute Gasteiger partial charge is 0.251 e. The second kappa shape index (κ2) is 11.0. The second-order valence-corrected chi connectivity index (χ2v) is 9.56. The number of rotatable bonds is 8. The fraction of sp³-hybridized carbons (Fsp3) is 0.200. The SMILES string of the molecule is O=C(NCCc1ccc(Cl)cc1)c1ccc2c(c1)NC(=O)C(CSCc1ccccc1Cl)N2. The van der Waals surface area contributed by atoms with Gasteiger partial charge < -0.3 is 16.0 Å². The Hall–Kier alpha value is -2.67. The van der Waals surface area contributed by atoms with Gasteiger partial charge in [-0.05, 0) is 53.9 Å². The highest BCUT2D eigenvalue weighted by Gasteiger charge is 2.26. The van der Waals surface area contributed by atoms with Gasteiger partial charge in [0.1, 0.15) is 6.04 Å². The Morgan fingerprint density at radius 1 is 1.00 bits per heavy atom. The standard InChI is InChI=1S/C25H23Cl2N3O2S/c26-19-8-5-16(6-9-19)11-12-28-24(31)17-7-10-21-22(13-17)30-25(32)23(29-21)15-33-14-18-3-1-2-4-20(18)27/h1-10,13,23,29H,11-12,14-15H2,(H,28,31)(H,30,32). The van der Waals surface area contributed by atoms with Crippen LogP contribution in [0.25, 0.3) is 0 Å². The zero-order valence-corrected chi connectivity index (χ0v) is 20.1. The molecule has 1 heterocycles. The van der Waals surface area contributed by atoms with Gasteiger partial charge >= 0.3 is 0 Å². The van der Waals surface area contributed by atoms with Gasteiger partial charge in [0, 0.05) is 33.7 Å². The number of nitrogens with one attached hydrogen (secondary N) is 3. The van der Waals surface area contributed by atoms with E-state index in [2.05, 4.69) is 16.0 Å². The van der Waals surface area contributed by atoms with Crippen LogP contribution in [0.4, 0.5) is 11.4 Å². The fourth-order valence-electron chi connectivity index (χ4n) is 3.48. The van der Waals surface area contributed by atoms with Gasteiger partial charge in [-0.3, -0.25) is 9.59 Å². The van der Waals surface area contributed by atoms with Crippen molar-refractivity contribution in [1.82, 2.24) is 5.32 Å². The molecule has 0 aromatic heterocycles. The average molecular weight is 500 g/mol. The molecule has 3 aromatic rings. The summed E-state index contributed by atoms with van der Waals surface area (Å²) in [5, 5.41) is 10.5. The zero-order valence-electron chi connectivity index (χ0n) is 17.7. The van der Waals surface area contributed by atoms with Crippen LogP contribution >= 0.6 is 35.0 Å². The molecule has 0 saturated carbocycles. The van der Waals surface area contributed by atoms with Crippen molar-refractivity contribution in [3.63, 3.8) is 0 Å². The van der Waals surface area contributed by atoms with E-state index in [1.54, 1.807) is 23.9 Å². The monoisotopic (exact) mass is 499 g/mol. The van der Waals surface area contributed by atoms with Crippen LogP contribution in [0.3, 0.4) is 0 Å². The second-order valence-electron chi connectivity index (χ2n) is 7.69. The molecule has 0 saturated heterocycles. The van der Waals surface area contributed by atoms with E-state index in [9.17, 15) is 9.59 Å². The van der Waals surface area contributed by atoms with Crippen LogP contribution < -0.4 is 16.0 Å². The molecule has 1 atom stereocenters. The molecule has 1 aliphatic rings. The van der Waals surface area contributed by atoms with Crippen LogP contribution in [-0.2, 0) is 17.0 Å². The Bertz CT molecular complexity index is 1150. The van der Waals surface area contributed by atoms with Gasteiger partial charge in [0.15, 0.2) is 0 Å². The van der Waals surface area contributed by atoms with Crippen LogP contribution in [0.1, 0.15) is 21.5 Å². The Morgan fingerprint density at radius 3 is 2.58 bits per heavy atom. The normalized spacial score (nSPS) is 14.7. The first-order valence-corrected chi connectivity index (χ1v) is 12.5. The van der Waals surface area contributed by atoms with Crippen LogP contribution in [0, 0.1) is 0 Å². The van der Waals surface area contributed by atoms with Crippen molar-refractivity contribution in [2.75, 3.05) is 22.9 Å². The lowest BCUT2D eigenvalue weighted by molar-refractivity contribution is -0.116. The first-order valence-electron chi connectivity index (χ1n) is 10.5. The van der Waals surface area contributed by atoms with Crippen LogP contribution in [0.5, 0.6) is 0 Å². The van der Waals surface area contributed by atoms with E-state index in [4.69, 9.17) is 23.2 Å². The summed E-state index contributed by atoms with van der Waals surface area (Å²) in [7, 11) is 0. The molecule has 0 spiro atoms. The van der Waals surface area contributed by atoms with Crippen molar-refractivity contribution in [3.05, 3.63) is 93.5 Å². The Labute approximate surface area is 207 Å². The molecular formula is C25H23Cl2N3O2S. The third-order valence-corrected chi connectivity index (χ3v) is 7.00. The van der Waals surface area contributed by atoms with Gasteiger partial charge in [-0.15, -0.1) is 0 Å². The lowest BCUT2D eigenvalue weighted by Crippen LogP contribution is -2.40. The van der Waals surface area contributed by atoms with Gasteiger partial charge in [0.2, 0.25) is 5.91 Å². The average Bonchev–Trinajstić information content (AvgIpc) is 2.81. The minimum absolute atomic E-state index is 0.116. The van der Waals surface area contributed by atoms with Crippen molar-refractivity contribution >= 4 is 58.2 Å². The molecule has 0 fully saturated rings. The van der Waals surface area contributed by atoms with Gasteiger partial charge in [-0.25, -0.2) is 0 Å². The topological polar surface area (TPSA) is 70.2 Å². The first-order chi connectivity index (χ1) is 16.0. The van der Waals surface area contributed by atoms with Crippen molar-refractivity contribution in [1.29, 1.82) is 0 Å². The van der Waals surface area contributed by atoms with E-state index < -0.39 is 0 Å². The highest BCUT2D eigenvalue weighted by molar-refractivity contribution is 7.98. The lowest BCUT2D eigenvalue weighted by Gasteiger charge is -2.27. The van der Waals surface area contributed by atoms with E-state index in [0.717, 1.165) is 27.6 Å². The Morgan fingerprint density at radius 2 is 1.79 bits per heavy atom. The van der Waals surface area contributed by atoms with Gasteiger partial charge in [0.05, 0.1) is 11.4 Å². The largest absolute Gasteiger partial charge is 0.371 e. The molecule has 170 valence electrons. The highest BCUT2D eigenvalue weighted by Crippen LogP contribution is 2.29. The number of thioether (sulfide) groups is 1. The molecular weight excluding hydrogens is 477 g/mol. The van der Waals surface area contributed by atoms with Crippen molar-refractivity contribution in [2.45, 2.75) is 18.2 Å². The number of anilines is 2. The Balaban J connectivity index is 1.30. The summed E-state index contributed by atoms with van der Waals surface area (Å²) in [4.78, 5) is 25.1. The summed E-state index contributed by atoms with van der Waals surface area (Å²) in [5.74, 6) is 1.03. The number of halogens is 2. The number of hydrogen-bond acceptors (Lipinski definition) is 4. The third-order valence-electron chi connectivity index (χ3n) is 5.30. The molecule has 3 N–H and O–H groups in total. The molecule has 1 aliphatic heterocycles. The summed E-state index contributed by atoms with van der Waals surface area (Å²) in [5.41, 5.74) is 4.06. The minimum atomic E-state index is -0.357. The molecule has 33 heavy (non-hydrogen) atoms. The summed E-state index contributed by atoms with van der Waals surface area (Å²) in [6.07, 6.45) is 0.708. The number of benzene rings is 3. The Kier molecular flexibility index (Phi) is 7.81. The summed E-state index contributed by atoms with van der Waals surface area (Å²) >= 11 is 13.7. The predicted octanol–water partition coefficient (Wildman–Crippen LogP) is 5.63. The van der Waals surface area contributed by atoms with Gasteiger partial charge in [-0.1, -0.05) is 53.5 Å². The molecule has 1 unspecified atom stereocenters. The number of amides is 2. The highest BCUT2D eigenvalue weighted by atomic mass is 35.5. The molecule has 0 bridgehead atoms. The molecule has 5 nitrogen and oxygen atoms in total. The zero-order chi connectivity index (χ0) is 23.2. The molecule has 0 aliphatic carbocycles. The first kappa shape index (κ1) is 23.5. The third kappa shape index (κ3) is 6.22. The maximum atomic E-state index is 12.6. The lowest BCUT2D eigenvalue weighted by atomic mass is 10.1. The van der Waals surface area contributed by atoms with E-state index in [1.807, 2.05) is 54.6 Å². The van der Waals surface area contributed by atoms with Crippen molar-refractivity contribution < 1.29 is 9.59 Å². The molecule has 3 aromatic carbocycles. The number of fused-ring (bicyclic) bond motifs is 1. The molecule has 0 radical (unpaired) electrons. The van der Waals surface area contributed by atoms with Gasteiger partial charge in [-0.2, -0.15) is 11.8 Å². The minimum Gasteiger partial charge on any atom is -0.371 e.